The molecule has 2 N–H and O–H groups in total. The largest absolute Gasteiger partial charge is 0.392 e. The molecule has 0 aromatic carbocycles. The molecule has 0 heterocycles. The topological polar surface area (TPSA) is 32.3 Å². The van der Waals surface area contributed by atoms with Crippen molar-refractivity contribution in [1.82, 2.24) is 5.32 Å². The molecule has 2 heteroatoms. The zero-order chi connectivity index (χ0) is 9.97. The molecule has 2 rings (SSSR count). The fourth-order valence-corrected chi connectivity index (χ4v) is 3.01. The first-order valence-corrected chi connectivity index (χ1v) is 6.17. The van der Waals surface area contributed by atoms with Gasteiger partial charge >= 0.3 is 0 Å². The average molecular weight is 197 g/mol. The summed E-state index contributed by atoms with van der Waals surface area (Å²) in [5, 5.41) is 13.2. The maximum Gasteiger partial charge on any atom is 0.0693 e. The first-order chi connectivity index (χ1) is 6.75. The molecule has 82 valence electrons. The third-order valence-corrected chi connectivity index (χ3v) is 3.95. The molecule has 14 heavy (non-hydrogen) atoms. The normalized spacial score (nSPS) is 43.3. The van der Waals surface area contributed by atoms with E-state index in [1.54, 1.807) is 0 Å². The van der Waals surface area contributed by atoms with Crippen LogP contribution >= 0.6 is 0 Å². The lowest BCUT2D eigenvalue weighted by Crippen LogP contribution is -2.38. The van der Waals surface area contributed by atoms with Crippen LogP contribution in [0.1, 0.15) is 45.4 Å². The second-order valence-electron chi connectivity index (χ2n) is 5.30. The van der Waals surface area contributed by atoms with Crippen LogP contribution in [-0.4, -0.2) is 23.8 Å². The maximum absolute atomic E-state index is 9.65. The van der Waals surface area contributed by atoms with Crippen LogP contribution in [0.25, 0.3) is 0 Å². The van der Waals surface area contributed by atoms with Gasteiger partial charge in [-0.15, -0.1) is 0 Å². The van der Waals surface area contributed by atoms with Gasteiger partial charge in [-0.25, -0.2) is 0 Å². The van der Waals surface area contributed by atoms with E-state index in [9.17, 15) is 5.11 Å². The summed E-state index contributed by atoms with van der Waals surface area (Å²) in [5.74, 6) is 1.80. The number of hydrogen-bond donors (Lipinski definition) is 2. The maximum atomic E-state index is 9.65. The summed E-state index contributed by atoms with van der Waals surface area (Å²) in [4.78, 5) is 0. The van der Waals surface area contributed by atoms with Crippen LogP contribution < -0.4 is 5.32 Å². The van der Waals surface area contributed by atoms with Gasteiger partial charge in [0.05, 0.1) is 6.10 Å². The molecule has 0 spiro atoms. The molecule has 0 aliphatic heterocycles. The van der Waals surface area contributed by atoms with Gasteiger partial charge < -0.3 is 10.4 Å². The lowest BCUT2D eigenvalue weighted by Gasteiger charge is -2.19. The van der Waals surface area contributed by atoms with E-state index in [4.69, 9.17) is 0 Å². The fraction of sp³-hybridized carbons (Fsp3) is 1.00. The Morgan fingerprint density at radius 1 is 1.21 bits per heavy atom. The summed E-state index contributed by atoms with van der Waals surface area (Å²) >= 11 is 0. The van der Waals surface area contributed by atoms with Crippen LogP contribution in [-0.2, 0) is 0 Å². The molecule has 2 nitrogen and oxygen atoms in total. The predicted octanol–water partition coefficient (Wildman–Crippen LogP) is 1.93. The first-order valence-electron chi connectivity index (χ1n) is 6.17. The Hall–Kier alpha value is -0.0800. The molecular formula is C12H23NO. The second-order valence-corrected chi connectivity index (χ2v) is 5.30. The minimum Gasteiger partial charge on any atom is -0.392 e. The van der Waals surface area contributed by atoms with Gasteiger partial charge in [-0.2, -0.15) is 0 Å². The Bertz CT molecular complexity index is 183. The van der Waals surface area contributed by atoms with Gasteiger partial charge in [0.2, 0.25) is 0 Å². The van der Waals surface area contributed by atoms with Gasteiger partial charge in [-0.05, 0) is 50.5 Å². The molecule has 4 atom stereocenters. The van der Waals surface area contributed by atoms with E-state index in [1.165, 1.54) is 32.1 Å². The van der Waals surface area contributed by atoms with Crippen molar-refractivity contribution in [3.63, 3.8) is 0 Å². The van der Waals surface area contributed by atoms with Gasteiger partial charge in [0.25, 0.3) is 0 Å². The molecule has 2 saturated carbocycles. The van der Waals surface area contributed by atoms with Crippen LogP contribution in [0.2, 0.25) is 0 Å². The highest BCUT2D eigenvalue weighted by molar-refractivity contribution is 4.84. The summed E-state index contributed by atoms with van der Waals surface area (Å²) in [7, 11) is 0. The molecule has 0 saturated heterocycles. The Labute approximate surface area is 87.1 Å². The molecule has 0 aromatic heterocycles. The third-order valence-electron chi connectivity index (χ3n) is 3.95. The van der Waals surface area contributed by atoms with Crippen molar-refractivity contribution in [2.45, 2.75) is 57.6 Å². The molecule has 0 aromatic rings. The van der Waals surface area contributed by atoms with E-state index in [0.29, 0.717) is 6.04 Å². The number of rotatable bonds is 3. The minimum absolute atomic E-state index is 0.0752. The smallest absolute Gasteiger partial charge is 0.0693 e. The van der Waals surface area contributed by atoms with Crippen LogP contribution in [0.3, 0.4) is 0 Å². The lowest BCUT2D eigenvalue weighted by molar-refractivity contribution is 0.146. The van der Waals surface area contributed by atoms with E-state index in [2.05, 4.69) is 12.2 Å². The van der Waals surface area contributed by atoms with Crippen LogP contribution in [0.15, 0.2) is 0 Å². The zero-order valence-electron chi connectivity index (χ0n) is 9.21. The summed E-state index contributed by atoms with van der Waals surface area (Å²) in [6.45, 7) is 3.48. The van der Waals surface area contributed by atoms with Crippen molar-refractivity contribution in [3.05, 3.63) is 0 Å². The van der Waals surface area contributed by atoms with Crippen molar-refractivity contribution >= 4 is 0 Å². The minimum atomic E-state index is -0.0752. The summed E-state index contributed by atoms with van der Waals surface area (Å²) in [5.41, 5.74) is 0. The highest BCUT2D eigenvalue weighted by Gasteiger charge is 2.27. The molecule has 0 amide bonds. The molecule has 0 bridgehead atoms. The van der Waals surface area contributed by atoms with Crippen molar-refractivity contribution in [2.24, 2.45) is 11.8 Å². The third kappa shape index (κ3) is 2.48. The number of nitrogens with one attached hydrogen (secondary N) is 1. The Kier molecular flexibility index (Phi) is 3.45. The molecular weight excluding hydrogens is 174 g/mol. The SMILES string of the molecule is CC1CCC(CNC2CCCC2O)C1. The van der Waals surface area contributed by atoms with Gasteiger partial charge in [0.1, 0.15) is 0 Å². The predicted molar refractivity (Wildman–Crippen MR) is 58.2 cm³/mol. The average Bonchev–Trinajstić information content (AvgIpc) is 2.72. The van der Waals surface area contributed by atoms with Crippen molar-refractivity contribution in [2.75, 3.05) is 6.54 Å². The highest BCUT2D eigenvalue weighted by atomic mass is 16.3. The van der Waals surface area contributed by atoms with E-state index < -0.39 is 0 Å². The number of hydrogen-bond acceptors (Lipinski definition) is 2. The van der Waals surface area contributed by atoms with Crippen LogP contribution in [0.4, 0.5) is 0 Å². The highest BCUT2D eigenvalue weighted by Crippen LogP contribution is 2.30. The summed E-state index contributed by atoms with van der Waals surface area (Å²) in [6.07, 6.45) is 7.46. The first kappa shape index (κ1) is 10.4. The number of aliphatic hydroxyl groups excluding tert-OH is 1. The fourth-order valence-electron chi connectivity index (χ4n) is 3.01. The van der Waals surface area contributed by atoms with E-state index >= 15 is 0 Å². The van der Waals surface area contributed by atoms with Crippen LogP contribution in [0, 0.1) is 11.8 Å². The van der Waals surface area contributed by atoms with E-state index in [-0.39, 0.29) is 6.10 Å². The van der Waals surface area contributed by atoms with E-state index in [1.807, 2.05) is 0 Å². The van der Waals surface area contributed by atoms with Crippen LogP contribution in [0.5, 0.6) is 0 Å². The van der Waals surface area contributed by atoms with Crippen molar-refractivity contribution in [1.29, 1.82) is 0 Å². The standard InChI is InChI=1S/C12H23NO/c1-9-5-6-10(7-9)8-13-11-3-2-4-12(11)14/h9-14H,2-8H2,1H3. The molecule has 0 radical (unpaired) electrons. The quantitative estimate of drug-likeness (QED) is 0.724. The Morgan fingerprint density at radius 3 is 2.64 bits per heavy atom. The lowest BCUT2D eigenvalue weighted by atomic mass is 10.1. The molecule has 4 unspecified atom stereocenters. The monoisotopic (exact) mass is 197 g/mol. The molecule has 2 aliphatic carbocycles. The van der Waals surface area contributed by atoms with Gasteiger partial charge in [-0.3, -0.25) is 0 Å². The second kappa shape index (κ2) is 4.63. The van der Waals surface area contributed by atoms with Gasteiger partial charge in [0, 0.05) is 6.04 Å². The van der Waals surface area contributed by atoms with Gasteiger partial charge in [0.15, 0.2) is 0 Å². The van der Waals surface area contributed by atoms with Gasteiger partial charge in [-0.1, -0.05) is 13.3 Å². The Morgan fingerprint density at radius 2 is 2.07 bits per heavy atom. The van der Waals surface area contributed by atoms with Crippen molar-refractivity contribution < 1.29 is 5.11 Å². The van der Waals surface area contributed by atoms with Crippen molar-refractivity contribution in [3.8, 4) is 0 Å². The molecule has 2 fully saturated rings. The zero-order valence-corrected chi connectivity index (χ0v) is 9.21. The Balaban J connectivity index is 1.67. The summed E-state index contributed by atoms with van der Waals surface area (Å²) in [6, 6.07) is 0.394. The summed E-state index contributed by atoms with van der Waals surface area (Å²) < 4.78 is 0. The van der Waals surface area contributed by atoms with E-state index in [0.717, 1.165) is 24.8 Å². The molecule has 2 aliphatic rings. The number of aliphatic hydroxyl groups is 1.